The molecule has 2 fully saturated rings. The first-order chi connectivity index (χ1) is 11.1. The number of carbonyl (C=O) groups excluding carboxylic acids is 1. The van der Waals surface area contributed by atoms with Gasteiger partial charge in [0.05, 0.1) is 4.90 Å². The van der Waals surface area contributed by atoms with Crippen molar-refractivity contribution < 1.29 is 13.2 Å². The quantitative estimate of drug-likeness (QED) is 0.853. The smallest absolute Gasteiger partial charge is 0.267 e. The molecule has 0 radical (unpaired) electrons. The van der Waals surface area contributed by atoms with Crippen LogP contribution in [0.3, 0.4) is 0 Å². The Morgan fingerprint density at radius 1 is 1.21 bits per heavy atom. The highest BCUT2D eigenvalue weighted by molar-refractivity contribution is 7.90. The molecule has 1 aromatic carbocycles. The lowest BCUT2D eigenvalue weighted by Gasteiger charge is -2.34. The highest BCUT2D eigenvalue weighted by atomic mass is 32.2. The van der Waals surface area contributed by atoms with Crippen LogP contribution in [-0.2, 0) is 9.84 Å². The van der Waals surface area contributed by atoms with Gasteiger partial charge in [-0.3, -0.25) is 4.79 Å². The first-order valence-corrected chi connectivity index (χ1v) is 10.1. The summed E-state index contributed by atoms with van der Waals surface area (Å²) < 4.78 is 22.9. The molecule has 24 heavy (non-hydrogen) atoms. The molecule has 0 unspecified atom stereocenters. The van der Waals surface area contributed by atoms with E-state index >= 15 is 0 Å². The summed E-state index contributed by atoms with van der Waals surface area (Å²) in [6, 6.07) is 5.91. The second-order valence-electron chi connectivity index (χ2n) is 7.79. The minimum absolute atomic E-state index is 0.0467. The predicted octanol–water partition coefficient (Wildman–Crippen LogP) is 3.02. The Kier molecular flexibility index (Phi) is 3.86. The summed E-state index contributed by atoms with van der Waals surface area (Å²) in [5.41, 5.74) is 4.39. The van der Waals surface area contributed by atoms with Crippen LogP contribution in [0.1, 0.15) is 50.4 Å². The number of hydrogen-bond donors (Lipinski definition) is 1. The highest BCUT2D eigenvalue weighted by Gasteiger charge is 2.60. The van der Waals surface area contributed by atoms with Crippen molar-refractivity contribution >= 4 is 21.5 Å². The Morgan fingerprint density at radius 2 is 1.83 bits per heavy atom. The van der Waals surface area contributed by atoms with E-state index in [-0.39, 0.29) is 21.6 Å². The average Bonchev–Trinajstić information content (AvgIpc) is 2.85. The van der Waals surface area contributed by atoms with Crippen molar-refractivity contribution in [1.82, 2.24) is 5.43 Å². The first kappa shape index (κ1) is 17.1. The second kappa shape index (κ2) is 5.41. The van der Waals surface area contributed by atoms with E-state index in [1.165, 1.54) is 30.7 Å². The molecule has 0 aromatic heterocycles. The maximum Gasteiger partial charge on any atom is 0.271 e. The van der Waals surface area contributed by atoms with Gasteiger partial charge in [0.15, 0.2) is 9.84 Å². The van der Waals surface area contributed by atoms with E-state index < -0.39 is 9.84 Å². The summed E-state index contributed by atoms with van der Waals surface area (Å²) in [7, 11) is -3.26. The van der Waals surface area contributed by atoms with Crippen LogP contribution in [0.2, 0.25) is 0 Å². The third-order valence-corrected chi connectivity index (χ3v) is 7.48. The molecule has 1 amide bonds. The third-order valence-electron chi connectivity index (χ3n) is 6.35. The number of carbonyl (C=O) groups is 1. The molecule has 130 valence electrons. The molecule has 1 N–H and O–H groups in total. The number of nitrogens with one attached hydrogen (secondary N) is 1. The molecule has 5 nitrogen and oxygen atoms in total. The van der Waals surface area contributed by atoms with Crippen LogP contribution in [0.25, 0.3) is 0 Å². The van der Waals surface area contributed by atoms with E-state index in [2.05, 4.69) is 31.3 Å². The average molecular weight is 348 g/mol. The summed E-state index contributed by atoms with van der Waals surface area (Å²) in [6.45, 7) is 6.82. The summed E-state index contributed by atoms with van der Waals surface area (Å²) in [5.74, 6) is 0.318. The Hall–Kier alpha value is -1.69. The van der Waals surface area contributed by atoms with E-state index in [4.69, 9.17) is 0 Å². The van der Waals surface area contributed by atoms with E-state index in [9.17, 15) is 13.2 Å². The molecule has 0 aliphatic heterocycles. The normalized spacial score (nSPS) is 29.8. The first-order valence-electron chi connectivity index (χ1n) is 8.23. The molecule has 1 aromatic rings. The Morgan fingerprint density at radius 3 is 2.29 bits per heavy atom. The maximum atomic E-state index is 12.3. The number of hydrazone groups is 1. The molecule has 2 bridgehead atoms. The number of fused-ring (bicyclic) bond motifs is 2. The monoisotopic (exact) mass is 348 g/mol. The van der Waals surface area contributed by atoms with Gasteiger partial charge in [-0.2, -0.15) is 5.10 Å². The van der Waals surface area contributed by atoms with Crippen molar-refractivity contribution in [2.24, 2.45) is 21.8 Å². The van der Waals surface area contributed by atoms with Crippen molar-refractivity contribution in [2.45, 2.75) is 44.9 Å². The minimum Gasteiger partial charge on any atom is -0.267 e. The van der Waals surface area contributed by atoms with Gasteiger partial charge in [0.1, 0.15) is 0 Å². The summed E-state index contributed by atoms with van der Waals surface area (Å²) in [4.78, 5) is 12.5. The molecular weight excluding hydrogens is 324 g/mol. The van der Waals surface area contributed by atoms with Gasteiger partial charge in [-0.15, -0.1) is 0 Å². The summed E-state index contributed by atoms with van der Waals surface area (Å²) in [5, 5.41) is 4.42. The largest absolute Gasteiger partial charge is 0.271 e. The molecule has 3 rings (SSSR count). The SMILES string of the molecule is CC1(C)[C@H]2CC[C@@]1(C)/C(=N/NC(=O)c1ccc(S(C)(=O)=O)cc1)C2. The fourth-order valence-corrected chi connectivity index (χ4v) is 4.76. The van der Waals surface area contributed by atoms with Crippen LogP contribution in [0.15, 0.2) is 34.3 Å². The van der Waals surface area contributed by atoms with Crippen molar-refractivity contribution in [3.8, 4) is 0 Å². The summed E-state index contributed by atoms with van der Waals surface area (Å²) in [6.07, 6.45) is 4.42. The zero-order chi connectivity index (χ0) is 17.8. The number of amides is 1. The Balaban J connectivity index is 1.75. The van der Waals surface area contributed by atoms with Crippen molar-refractivity contribution in [3.05, 3.63) is 29.8 Å². The van der Waals surface area contributed by atoms with Crippen molar-refractivity contribution in [3.63, 3.8) is 0 Å². The topological polar surface area (TPSA) is 75.6 Å². The molecular formula is C18H24N2O3S. The van der Waals surface area contributed by atoms with Gasteiger partial charge < -0.3 is 0 Å². The third kappa shape index (κ3) is 2.57. The van der Waals surface area contributed by atoms with Gasteiger partial charge in [0.2, 0.25) is 0 Å². The lowest BCUT2D eigenvalue weighted by molar-refractivity contribution is 0.0953. The van der Waals surface area contributed by atoms with E-state index in [0.717, 1.165) is 24.8 Å². The van der Waals surface area contributed by atoms with Crippen LogP contribution < -0.4 is 5.43 Å². The second-order valence-corrected chi connectivity index (χ2v) is 9.81. The maximum absolute atomic E-state index is 12.3. The highest BCUT2D eigenvalue weighted by Crippen LogP contribution is 2.63. The fourth-order valence-electron chi connectivity index (χ4n) is 4.13. The molecule has 0 heterocycles. The van der Waals surface area contributed by atoms with Crippen LogP contribution in [0.5, 0.6) is 0 Å². The van der Waals surface area contributed by atoms with Crippen LogP contribution in [-0.4, -0.2) is 26.3 Å². The molecule has 2 atom stereocenters. The van der Waals surface area contributed by atoms with E-state index in [1.807, 2.05) is 0 Å². The molecule has 2 aliphatic carbocycles. The number of rotatable bonds is 3. The fraction of sp³-hybridized carbons (Fsp3) is 0.556. The number of nitrogens with zero attached hydrogens (tertiary/aromatic N) is 1. The van der Waals surface area contributed by atoms with Crippen LogP contribution in [0.4, 0.5) is 0 Å². The van der Waals surface area contributed by atoms with Gasteiger partial charge in [-0.1, -0.05) is 20.8 Å². The van der Waals surface area contributed by atoms with Gasteiger partial charge in [0, 0.05) is 22.9 Å². The van der Waals surface area contributed by atoms with E-state index in [0.29, 0.717) is 11.5 Å². The Bertz CT molecular complexity index is 809. The predicted molar refractivity (Wildman–Crippen MR) is 93.7 cm³/mol. The number of sulfone groups is 1. The van der Waals surface area contributed by atoms with Gasteiger partial charge in [-0.25, -0.2) is 13.8 Å². The zero-order valence-electron chi connectivity index (χ0n) is 14.6. The minimum atomic E-state index is -3.26. The molecule has 2 aliphatic rings. The number of hydrogen-bond acceptors (Lipinski definition) is 4. The van der Waals surface area contributed by atoms with E-state index in [1.54, 1.807) is 0 Å². The van der Waals surface area contributed by atoms with Crippen molar-refractivity contribution in [2.75, 3.05) is 6.26 Å². The zero-order valence-corrected chi connectivity index (χ0v) is 15.4. The lowest BCUT2D eigenvalue weighted by atomic mass is 9.70. The number of benzene rings is 1. The van der Waals surface area contributed by atoms with Crippen LogP contribution in [0, 0.1) is 16.7 Å². The summed E-state index contributed by atoms with van der Waals surface area (Å²) >= 11 is 0. The molecule has 2 saturated carbocycles. The lowest BCUT2D eigenvalue weighted by Crippen LogP contribution is -2.34. The molecule has 6 heteroatoms. The Labute approximate surface area is 143 Å². The molecule has 0 saturated heterocycles. The van der Waals surface area contributed by atoms with Crippen molar-refractivity contribution in [1.29, 1.82) is 0 Å². The van der Waals surface area contributed by atoms with Gasteiger partial charge in [-0.05, 0) is 54.9 Å². The van der Waals surface area contributed by atoms with Gasteiger partial charge in [0.25, 0.3) is 5.91 Å². The van der Waals surface area contributed by atoms with Gasteiger partial charge >= 0.3 is 0 Å². The van der Waals surface area contributed by atoms with Crippen LogP contribution >= 0.6 is 0 Å². The standard InChI is InChI=1S/C18H24N2O3S/c1-17(2)13-9-10-18(17,3)15(11-13)19-20-16(21)12-5-7-14(8-6-12)24(4,22)23/h5-8,13H,9-11H2,1-4H3,(H,20,21)/b19-15+/t13-,18-/m0/s1. The molecule has 0 spiro atoms.